The summed E-state index contributed by atoms with van der Waals surface area (Å²) in [6.07, 6.45) is -25.5. The maximum absolute atomic E-state index is 15.0. The quantitative estimate of drug-likeness (QED) is 0.109. The van der Waals surface area contributed by atoms with Crippen LogP contribution in [0, 0.1) is 12.8 Å². The summed E-state index contributed by atoms with van der Waals surface area (Å²) >= 11 is 0. The van der Waals surface area contributed by atoms with E-state index in [4.69, 9.17) is 56.8 Å². The summed E-state index contributed by atoms with van der Waals surface area (Å²) in [5, 5.41) is 111. The number of ether oxygens (including phenoxy) is 12. The molecule has 6 aliphatic rings. The van der Waals surface area contributed by atoms with Crippen molar-refractivity contribution >= 4 is 22.3 Å². The fourth-order valence-corrected chi connectivity index (χ4v) is 11.7. The van der Waals surface area contributed by atoms with Gasteiger partial charge < -0.3 is 108 Å². The van der Waals surface area contributed by atoms with Gasteiger partial charge in [0, 0.05) is 57.8 Å². The smallest absolute Gasteiger partial charge is 0.202 e. The summed E-state index contributed by atoms with van der Waals surface area (Å²) in [5.74, 6) is -4.01. The number of phenolic OH excluding ortho intramolecular Hbond substituents is 2. The number of carbonyl (C=O) groups is 2. The lowest BCUT2D eigenvalue weighted by Crippen LogP contribution is -2.58. The lowest BCUT2D eigenvalue weighted by molar-refractivity contribution is -0.334. The van der Waals surface area contributed by atoms with Crippen molar-refractivity contribution in [2.45, 2.75) is 241 Å². The molecular formula is C53H78O24. The van der Waals surface area contributed by atoms with Crippen molar-refractivity contribution in [1.29, 1.82) is 0 Å². The number of carbonyl (C=O) groups excluding carboxylic acids is 2. The standard InChI is InChI=1S/C53H78O24/c1-19-30(73-35-15-31(43(58)21(3)68-35)74-34-14-29(55)49(66-9)24(6)71-34)13-27-11-26-12-28(50(67-10)48(63)42(57)20(2)54)51(47(62)40(26)46(61)39(27)41(19)56)77-37-17-32(44(59)23(5)70-37)75-36-16-33(45(60)22(4)69-36)76-38-18-53(8,65)52(64)25(7)72-38/h11,13,20-25,28-29,31-38,42-45,49-52,54-61,64-65H,12,14-18H2,1-10H3/t20-,21-,22-,23-,24-,25+,28+,29-,31-,32+,33+,34-,35+,36+,37+,38+,42+,43-,44-,45-,49-,50+,51+,52+,53-/m1/s1. The molecule has 8 rings (SSSR count). The van der Waals surface area contributed by atoms with Crippen molar-refractivity contribution in [1.82, 2.24) is 0 Å². The zero-order valence-corrected chi connectivity index (χ0v) is 44.9. The molecule has 5 fully saturated rings. The lowest BCUT2D eigenvalue weighted by Gasteiger charge is -2.46. The molecule has 0 unspecified atom stereocenters. The average Bonchev–Trinajstić information content (AvgIpc) is 3.36. The molecule has 5 aliphatic heterocycles. The molecular weight excluding hydrogens is 1020 g/mol. The van der Waals surface area contributed by atoms with Gasteiger partial charge in [-0.15, -0.1) is 0 Å². The largest absolute Gasteiger partial charge is 0.507 e. The number of ketones is 2. The Morgan fingerprint density at radius 3 is 1.74 bits per heavy atom. The first kappa shape index (κ1) is 59.8. The van der Waals surface area contributed by atoms with Crippen molar-refractivity contribution in [2.75, 3.05) is 14.2 Å². The first-order valence-corrected chi connectivity index (χ1v) is 26.4. The van der Waals surface area contributed by atoms with E-state index in [9.17, 15) is 55.9 Å². The first-order chi connectivity index (χ1) is 36.2. The van der Waals surface area contributed by atoms with Gasteiger partial charge in [-0.05, 0) is 84.9 Å². The monoisotopic (exact) mass is 1100 g/mol. The molecule has 5 saturated heterocycles. The van der Waals surface area contributed by atoms with Gasteiger partial charge in [0.2, 0.25) is 6.29 Å². The van der Waals surface area contributed by atoms with Gasteiger partial charge in [-0.2, -0.15) is 0 Å². The number of aromatic hydroxyl groups is 2. The van der Waals surface area contributed by atoms with Gasteiger partial charge >= 0.3 is 0 Å². The highest BCUT2D eigenvalue weighted by atomic mass is 16.7. The van der Waals surface area contributed by atoms with Crippen molar-refractivity contribution in [3.8, 4) is 17.2 Å². The van der Waals surface area contributed by atoms with Crippen molar-refractivity contribution in [3.63, 3.8) is 0 Å². The number of benzene rings is 2. The fourth-order valence-electron chi connectivity index (χ4n) is 11.7. The van der Waals surface area contributed by atoms with Gasteiger partial charge in [0.1, 0.15) is 66.1 Å². The number of hydrogen-bond acceptors (Lipinski definition) is 24. The van der Waals surface area contributed by atoms with E-state index >= 15 is 4.79 Å². The molecule has 24 heteroatoms. The summed E-state index contributed by atoms with van der Waals surface area (Å²) in [5.41, 5.74) is -1.44. The van der Waals surface area contributed by atoms with Crippen LogP contribution in [0.3, 0.4) is 0 Å². The lowest BCUT2D eigenvalue weighted by atomic mass is 9.75. The predicted octanol–water partition coefficient (Wildman–Crippen LogP) is 0.405. The molecule has 0 bridgehead atoms. The minimum absolute atomic E-state index is 0.00357. The van der Waals surface area contributed by atoms with E-state index in [-0.39, 0.29) is 71.7 Å². The number of phenols is 2. The zero-order valence-electron chi connectivity index (χ0n) is 44.9. The Kier molecular flexibility index (Phi) is 18.7. The molecule has 434 valence electrons. The van der Waals surface area contributed by atoms with Crippen LogP contribution in [-0.2, 0) is 63.3 Å². The molecule has 5 heterocycles. The van der Waals surface area contributed by atoms with Gasteiger partial charge in [0.25, 0.3) is 0 Å². The summed E-state index contributed by atoms with van der Waals surface area (Å²) in [7, 11) is 2.66. The maximum atomic E-state index is 15.0. The molecule has 77 heavy (non-hydrogen) atoms. The number of hydrogen-bond donors (Lipinski definition) is 10. The highest BCUT2D eigenvalue weighted by molar-refractivity contribution is 6.11. The molecule has 0 aromatic heterocycles. The molecule has 2 aromatic rings. The van der Waals surface area contributed by atoms with Crippen LogP contribution in [-0.4, -0.2) is 224 Å². The van der Waals surface area contributed by atoms with E-state index in [1.54, 1.807) is 34.6 Å². The Hall–Kier alpha value is -3.32. The predicted molar refractivity (Wildman–Crippen MR) is 263 cm³/mol. The van der Waals surface area contributed by atoms with Crippen LogP contribution >= 0.6 is 0 Å². The van der Waals surface area contributed by atoms with Gasteiger partial charge in [0.05, 0.1) is 77.6 Å². The molecule has 0 spiro atoms. The van der Waals surface area contributed by atoms with Gasteiger partial charge in [-0.3, -0.25) is 9.59 Å². The Bertz CT molecular complexity index is 2370. The molecule has 1 aliphatic carbocycles. The van der Waals surface area contributed by atoms with E-state index in [0.717, 1.165) is 0 Å². The number of methoxy groups -OCH3 is 2. The molecule has 10 N–H and O–H groups in total. The fraction of sp³-hybridized carbons (Fsp3) is 0.774. The zero-order chi connectivity index (χ0) is 56.3. The van der Waals surface area contributed by atoms with E-state index in [1.807, 2.05) is 0 Å². The second-order valence-corrected chi connectivity index (χ2v) is 21.9. The normalized spacial score (nSPS) is 42.1. The van der Waals surface area contributed by atoms with Crippen LogP contribution in [0.2, 0.25) is 0 Å². The average molecular weight is 1100 g/mol. The highest BCUT2D eigenvalue weighted by Gasteiger charge is 2.51. The van der Waals surface area contributed by atoms with Crippen LogP contribution in [0.15, 0.2) is 12.1 Å². The molecule has 2 aromatic carbocycles. The highest BCUT2D eigenvalue weighted by Crippen LogP contribution is 2.48. The van der Waals surface area contributed by atoms with Crippen molar-refractivity contribution in [2.24, 2.45) is 5.92 Å². The van der Waals surface area contributed by atoms with E-state index in [0.29, 0.717) is 0 Å². The summed E-state index contributed by atoms with van der Waals surface area (Å²) < 4.78 is 72.3. The van der Waals surface area contributed by atoms with Gasteiger partial charge in [-0.1, -0.05) is 0 Å². The number of rotatable bonds is 16. The van der Waals surface area contributed by atoms with Crippen molar-refractivity contribution < 1.29 is 117 Å². The molecule has 0 radical (unpaired) electrons. The number of Topliss-reactive ketones (excluding diaryl/α,β-unsaturated/α-hetero) is 2. The van der Waals surface area contributed by atoms with Crippen LogP contribution in [0.1, 0.15) is 102 Å². The van der Waals surface area contributed by atoms with E-state index in [2.05, 4.69) is 0 Å². The summed E-state index contributed by atoms with van der Waals surface area (Å²) in [6.45, 7) is 12.3. The molecule has 0 amide bonds. The first-order valence-electron chi connectivity index (χ1n) is 26.4. The SMILES string of the molecule is CO[C@H]1[C@H](O)C[C@@H](O[C@@H]2C[C@H](Oc3cc4cc5c(c(O)c4c(O)c3C)C(=O)[C@@H](O[C@H]3C[C@H](O[C@H]4C[C@H](O[C@H]6C[C@@](C)(O)[C@@H](O)[C@H](C)O6)[C@H](O)[C@@H](C)O4)[C@H](O)[C@@H](C)O3)[C@H]([C@H](OC)C(=O)[C@@H](O)[C@@H](C)O)C5)O[C@H](C)[C@H]2O)O[C@@H]1C. The molecule has 25 atom stereocenters. The minimum atomic E-state index is -1.94. The maximum Gasteiger partial charge on any atom is 0.202 e. The Balaban J connectivity index is 1.04. The Morgan fingerprint density at radius 2 is 1.21 bits per heavy atom. The third kappa shape index (κ3) is 12.3. The Morgan fingerprint density at radius 1 is 0.701 bits per heavy atom. The third-order valence-corrected chi connectivity index (χ3v) is 16.1. The van der Waals surface area contributed by atoms with Crippen LogP contribution in [0.4, 0.5) is 0 Å². The second-order valence-electron chi connectivity index (χ2n) is 21.9. The van der Waals surface area contributed by atoms with Crippen LogP contribution in [0.25, 0.3) is 10.8 Å². The third-order valence-electron chi connectivity index (χ3n) is 16.1. The second kappa shape index (κ2) is 24.0. The Labute approximate surface area is 445 Å². The number of fused-ring (bicyclic) bond motifs is 2. The van der Waals surface area contributed by atoms with Gasteiger partial charge in [-0.25, -0.2) is 0 Å². The minimum Gasteiger partial charge on any atom is -0.507 e. The van der Waals surface area contributed by atoms with Crippen LogP contribution in [0.5, 0.6) is 17.2 Å². The van der Waals surface area contributed by atoms with Gasteiger partial charge in [0.15, 0.2) is 36.7 Å². The molecule has 24 nitrogen and oxygen atoms in total. The van der Waals surface area contributed by atoms with E-state index in [1.165, 1.54) is 47.1 Å². The molecule has 0 saturated carbocycles. The van der Waals surface area contributed by atoms with E-state index < -0.39 is 176 Å². The summed E-state index contributed by atoms with van der Waals surface area (Å²) in [6, 6.07) is 3.06. The number of aliphatic hydroxyl groups excluding tert-OH is 7. The number of aliphatic hydroxyl groups is 8. The summed E-state index contributed by atoms with van der Waals surface area (Å²) in [4.78, 5) is 29.0. The van der Waals surface area contributed by atoms with Crippen molar-refractivity contribution in [3.05, 3.63) is 28.8 Å². The van der Waals surface area contributed by atoms with Crippen LogP contribution < -0.4 is 4.74 Å². The topological polar surface area (TPSA) is 347 Å².